The Balaban J connectivity index is 1.97. The van der Waals surface area contributed by atoms with E-state index in [9.17, 15) is 4.79 Å². The van der Waals surface area contributed by atoms with Crippen molar-refractivity contribution in [3.63, 3.8) is 0 Å². The van der Waals surface area contributed by atoms with E-state index in [0.29, 0.717) is 16.3 Å². The number of nitrogens with one attached hydrogen (secondary N) is 1. The lowest BCUT2D eigenvalue weighted by molar-refractivity contribution is 0.103. The second kappa shape index (κ2) is 5.79. The number of carbonyl (C=O) groups is 1. The first-order chi connectivity index (χ1) is 10.1. The maximum Gasteiger partial charge on any atom is 0.267 e. The Kier molecular flexibility index (Phi) is 4.01. The number of halogens is 2. The summed E-state index contributed by atoms with van der Waals surface area (Å²) in [5.41, 5.74) is 7.32. The van der Waals surface area contributed by atoms with Gasteiger partial charge in [0.1, 0.15) is 4.88 Å². The molecule has 1 amide bonds. The van der Waals surface area contributed by atoms with Crippen LogP contribution in [0.15, 0.2) is 51.4 Å². The van der Waals surface area contributed by atoms with E-state index in [4.69, 9.17) is 5.73 Å². The van der Waals surface area contributed by atoms with Gasteiger partial charge in [-0.2, -0.15) is 0 Å². The Labute approximate surface area is 142 Å². The largest absolute Gasteiger partial charge is 0.397 e. The van der Waals surface area contributed by atoms with Crippen LogP contribution < -0.4 is 11.1 Å². The van der Waals surface area contributed by atoms with E-state index in [-0.39, 0.29) is 5.91 Å². The third-order valence-corrected chi connectivity index (χ3v) is 5.39. The van der Waals surface area contributed by atoms with Crippen LogP contribution in [0.5, 0.6) is 0 Å². The smallest absolute Gasteiger partial charge is 0.267 e. The van der Waals surface area contributed by atoms with Crippen molar-refractivity contribution in [2.24, 2.45) is 0 Å². The number of anilines is 2. The molecule has 0 aliphatic rings. The number of hydrogen-bond acceptors (Lipinski definition) is 3. The molecule has 6 heteroatoms. The zero-order valence-electron chi connectivity index (χ0n) is 10.7. The van der Waals surface area contributed by atoms with Gasteiger partial charge in [0.05, 0.1) is 11.4 Å². The number of nitrogen functional groups attached to an aromatic ring is 1. The second-order valence-corrected chi connectivity index (χ2v) is 7.24. The average Bonchev–Trinajstić information content (AvgIpc) is 2.81. The molecule has 0 radical (unpaired) electrons. The van der Waals surface area contributed by atoms with Crippen molar-refractivity contribution in [2.75, 3.05) is 11.1 Å². The SMILES string of the molecule is Nc1c(C(=O)Nc2cc(Br)ccc2Br)sc2ccccc12. The number of amides is 1. The van der Waals surface area contributed by atoms with Crippen molar-refractivity contribution in [3.8, 4) is 0 Å². The predicted octanol–water partition coefficient (Wildman–Crippen LogP) is 5.26. The molecule has 3 nitrogen and oxygen atoms in total. The Morgan fingerprint density at radius 2 is 1.90 bits per heavy atom. The predicted molar refractivity (Wildman–Crippen MR) is 96.0 cm³/mol. The van der Waals surface area contributed by atoms with E-state index in [1.807, 2.05) is 42.5 Å². The fourth-order valence-corrected chi connectivity index (χ4v) is 3.73. The molecule has 0 saturated heterocycles. The molecule has 3 rings (SSSR count). The average molecular weight is 426 g/mol. The fraction of sp³-hybridized carbons (Fsp3) is 0. The van der Waals surface area contributed by atoms with Crippen LogP contribution in [0.4, 0.5) is 11.4 Å². The first kappa shape index (κ1) is 14.6. The van der Waals surface area contributed by atoms with Crippen molar-refractivity contribution in [1.82, 2.24) is 0 Å². The van der Waals surface area contributed by atoms with Crippen molar-refractivity contribution < 1.29 is 4.79 Å². The number of hydrogen-bond donors (Lipinski definition) is 2. The van der Waals surface area contributed by atoms with Gasteiger partial charge in [-0.05, 0) is 40.2 Å². The van der Waals surface area contributed by atoms with Crippen molar-refractivity contribution in [1.29, 1.82) is 0 Å². The minimum atomic E-state index is -0.201. The van der Waals surface area contributed by atoms with Crippen LogP contribution in [-0.2, 0) is 0 Å². The van der Waals surface area contributed by atoms with Crippen LogP contribution in [-0.4, -0.2) is 5.91 Å². The maximum atomic E-state index is 12.5. The summed E-state index contributed by atoms with van der Waals surface area (Å²) < 4.78 is 2.72. The summed E-state index contributed by atoms with van der Waals surface area (Å²) in [5, 5.41) is 3.80. The quantitative estimate of drug-likeness (QED) is 0.588. The van der Waals surface area contributed by atoms with Gasteiger partial charge in [-0.1, -0.05) is 34.1 Å². The van der Waals surface area contributed by atoms with E-state index in [1.54, 1.807) is 0 Å². The van der Waals surface area contributed by atoms with Crippen LogP contribution in [0.3, 0.4) is 0 Å². The minimum absolute atomic E-state index is 0.201. The molecule has 0 bridgehead atoms. The zero-order valence-corrected chi connectivity index (χ0v) is 14.7. The molecule has 1 heterocycles. The molecule has 1 aromatic heterocycles. The number of nitrogens with two attached hydrogens (primary N) is 1. The van der Waals surface area contributed by atoms with E-state index < -0.39 is 0 Å². The first-order valence-corrected chi connectivity index (χ1v) is 8.50. The number of carbonyl (C=O) groups excluding carboxylic acids is 1. The molecule has 0 unspecified atom stereocenters. The van der Waals surface area contributed by atoms with E-state index in [0.717, 1.165) is 19.0 Å². The molecule has 106 valence electrons. The van der Waals surface area contributed by atoms with Gasteiger partial charge in [-0.3, -0.25) is 4.79 Å². The van der Waals surface area contributed by atoms with Crippen LogP contribution >= 0.6 is 43.2 Å². The normalized spacial score (nSPS) is 10.8. The van der Waals surface area contributed by atoms with Gasteiger partial charge in [0.25, 0.3) is 5.91 Å². The standard InChI is InChI=1S/C15H10Br2N2OS/c16-8-5-6-10(17)11(7-8)19-15(20)14-13(18)9-3-1-2-4-12(9)21-14/h1-7H,18H2,(H,19,20). The van der Waals surface area contributed by atoms with Crippen molar-refractivity contribution in [2.45, 2.75) is 0 Å². The summed E-state index contributed by atoms with van der Waals surface area (Å²) in [6.45, 7) is 0. The molecule has 3 aromatic rings. The van der Waals surface area contributed by atoms with Crippen LogP contribution in [0.1, 0.15) is 9.67 Å². The highest BCUT2D eigenvalue weighted by atomic mass is 79.9. The highest BCUT2D eigenvalue weighted by Crippen LogP contribution is 2.34. The van der Waals surface area contributed by atoms with Gasteiger partial charge in [0.2, 0.25) is 0 Å². The van der Waals surface area contributed by atoms with Crippen LogP contribution in [0, 0.1) is 0 Å². The Morgan fingerprint density at radius 1 is 1.14 bits per heavy atom. The molecular formula is C15H10Br2N2OS. The van der Waals surface area contributed by atoms with Crippen molar-refractivity contribution in [3.05, 3.63) is 56.3 Å². The third-order valence-electron chi connectivity index (χ3n) is 3.02. The Hall–Kier alpha value is -1.37. The molecule has 0 fully saturated rings. The molecule has 0 aliphatic carbocycles. The van der Waals surface area contributed by atoms with Gasteiger partial charge >= 0.3 is 0 Å². The fourth-order valence-electron chi connectivity index (χ4n) is 2.01. The lowest BCUT2D eigenvalue weighted by Crippen LogP contribution is -2.12. The summed E-state index contributed by atoms with van der Waals surface area (Å²) in [7, 11) is 0. The topological polar surface area (TPSA) is 55.1 Å². The number of benzene rings is 2. The lowest BCUT2D eigenvalue weighted by Gasteiger charge is -2.07. The van der Waals surface area contributed by atoms with E-state index >= 15 is 0 Å². The number of rotatable bonds is 2. The molecular weight excluding hydrogens is 416 g/mol. The molecule has 0 spiro atoms. The second-order valence-electron chi connectivity index (χ2n) is 4.42. The highest BCUT2D eigenvalue weighted by Gasteiger charge is 2.17. The van der Waals surface area contributed by atoms with Gasteiger partial charge in [-0.15, -0.1) is 11.3 Å². The molecule has 0 aliphatic heterocycles. The molecule has 0 atom stereocenters. The summed E-state index contributed by atoms with van der Waals surface area (Å²) in [6, 6.07) is 13.3. The zero-order chi connectivity index (χ0) is 15.0. The lowest BCUT2D eigenvalue weighted by atomic mass is 10.2. The minimum Gasteiger partial charge on any atom is -0.397 e. The summed E-state index contributed by atoms with van der Waals surface area (Å²) in [4.78, 5) is 13.0. The first-order valence-electron chi connectivity index (χ1n) is 6.09. The van der Waals surface area contributed by atoms with Crippen molar-refractivity contribution >= 4 is 70.6 Å². The van der Waals surface area contributed by atoms with Crippen LogP contribution in [0.25, 0.3) is 10.1 Å². The highest BCUT2D eigenvalue weighted by molar-refractivity contribution is 9.11. The molecule has 21 heavy (non-hydrogen) atoms. The number of fused-ring (bicyclic) bond motifs is 1. The van der Waals surface area contributed by atoms with Gasteiger partial charge in [0, 0.05) is 19.0 Å². The summed E-state index contributed by atoms with van der Waals surface area (Å²) in [5.74, 6) is -0.201. The monoisotopic (exact) mass is 424 g/mol. The summed E-state index contributed by atoms with van der Waals surface area (Å²) >= 11 is 8.21. The number of thiophene rings is 1. The Bertz CT molecular complexity index is 845. The molecule has 0 saturated carbocycles. The van der Waals surface area contributed by atoms with Gasteiger partial charge in [0.15, 0.2) is 0 Å². The van der Waals surface area contributed by atoms with Gasteiger partial charge in [-0.25, -0.2) is 0 Å². The van der Waals surface area contributed by atoms with E-state index in [1.165, 1.54) is 11.3 Å². The van der Waals surface area contributed by atoms with Gasteiger partial charge < -0.3 is 11.1 Å². The third kappa shape index (κ3) is 2.84. The van der Waals surface area contributed by atoms with Crippen LogP contribution in [0.2, 0.25) is 0 Å². The Morgan fingerprint density at radius 3 is 2.67 bits per heavy atom. The van der Waals surface area contributed by atoms with E-state index in [2.05, 4.69) is 37.2 Å². The summed E-state index contributed by atoms with van der Waals surface area (Å²) in [6.07, 6.45) is 0. The molecule has 3 N–H and O–H groups in total. The molecule has 2 aromatic carbocycles. The maximum absolute atomic E-state index is 12.5.